The van der Waals surface area contributed by atoms with E-state index in [0.717, 1.165) is 39.0 Å². The van der Waals surface area contributed by atoms with E-state index in [1.54, 1.807) is 0 Å². The predicted octanol–water partition coefficient (Wildman–Crippen LogP) is 0.467. The summed E-state index contributed by atoms with van der Waals surface area (Å²) in [7, 11) is 0. The second-order valence-corrected chi connectivity index (χ2v) is 5.67. The minimum atomic E-state index is 0. The molecule has 0 aromatic heterocycles. The van der Waals surface area contributed by atoms with Crippen molar-refractivity contribution in [2.45, 2.75) is 44.9 Å². The lowest BCUT2D eigenvalue weighted by atomic mass is 10.1. The smallest absolute Gasteiger partial charge is 0.236 e. The number of hydrogen-bond donors (Lipinski definition) is 1. The van der Waals surface area contributed by atoms with Crippen LogP contribution in [-0.2, 0) is 9.53 Å². The second-order valence-electron chi connectivity index (χ2n) is 5.67. The first-order valence-electron chi connectivity index (χ1n) is 6.95. The number of carbonyl (C=O) groups is 1. The number of hydrogen-bond acceptors (Lipinski definition) is 4. The SMILES string of the molecule is CC1CN(C(=O)CN2CCC(N)CC2)CC(C)O1.Cl. The predicted molar refractivity (Wildman–Crippen MR) is 77.5 cm³/mol. The maximum Gasteiger partial charge on any atom is 0.236 e. The summed E-state index contributed by atoms with van der Waals surface area (Å²) in [5.41, 5.74) is 5.87. The number of morpholine rings is 1. The average molecular weight is 292 g/mol. The van der Waals surface area contributed by atoms with Crippen LogP contribution in [0.2, 0.25) is 0 Å². The molecule has 0 radical (unpaired) electrons. The fourth-order valence-corrected chi connectivity index (χ4v) is 2.78. The molecule has 2 rings (SSSR count). The molecule has 2 unspecified atom stereocenters. The van der Waals surface area contributed by atoms with Crippen LogP contribution in [0.4, 0.5) is 0 Å². The number of rotatable bonds is 2. The second kappa shape index (κ2) is 7.43. The molecule has 112 valence electrons. The molecule has 0 aliphatic carbocycles. The third-order valence-corrected chi connectivity index (χ3v) is 3.76. The Bertz CT molecular complexity index is 286. The van der Waals surface area contributed by atoms with Crippen molar-refractivity contribution in [3.63, 3.8) is 0 Å². The normalized spacial score (nSPS) is 29.9. The number of amides is 1. The molecule has 2 aliphatic heterocycles. The molecule has 5 nitrogen and oxygen atoms in total. The molecule has 2 aliphatic rings. The van der Waals surface area contributed by atoms with Crippen molar-refractivity contribution in [3.8, 4) is 0 Å². The van der Waals surface area contributed by atoms with Crippen LogP contribution in [0.5, 0.6) is 0 Å². The summed E-state index contributed by atoms with van der Waals surface area (Å²) in [6, 6.07) is 0.319. The van der Waals surface area contributed by atoms with Crippen LogP contribution in [0.1, 0.15) is 26.7 Å². The molecule has 19 heavy (non-hydrogen) atoms. The Balaban J connectivity index is 0.00000180. The number of piperidine rings is 1. The maximum atomic E-state index is 12.2. The molecule has 2 N–H and O–H groups in total. The molecule has 0 spiro atoms. The molecular formula is C13H26ClN3O2. The number of carbonyl (C=O) groups excluding carboxylic acids is 1. The molecule has 0 aromatic rings. The quantitative estimate of drug-likeness (QED) is 0.803. The monoisotopic (exact) mass is 291 g/mol. The van der Waals surface area contributed by atoms with Gasteiger partial charge in [-0.2, -0.15) is 0 Å². The minimum absolute atomic E-state index is 0. The molecule has 0 aromatic carbocycles. The summed E-state index contributed by atoms with van der Waals surface area (Å²) >= 11 is 0. The fourth-order valence-electron chi connectivity index (χ4n) is 2.78. The van der Waals surface area contributed by atoms with Crippen molar-refractivity contribution < 1.29 is 9.53 Å². The van der Waals surface area contributed by atoms with Gasteiger partial charge in [-0.15, -0.1) is 12.4 Å². The van der Waals surface area contributed by atoms with Gasteiger partial charge in [0.1, 0.15) is 0 Å². The van der Waals surface area contributed by atoms with Crippen molar-refractivity contribution in [1.82, 2.24) is 9.80 Å². The Labute approximate surface area is 121 Å². The van der Waals surface area contributed by atoms with E-state index in [0.29, 0.717) is 12.6 Å². The zero-order valence-electron chi connectivity index (χ0n) is 11.9. The first-order valence-corrected chi connectivity index (χ1v) is 6.95. The van der Waals surface area contributed by atoms with Crippen LogP contribution in [0.25, 0.3) is 0 Å². The summed E-state index contributed by atoms with van der Waals surface area (Å²) in [6.07, 6.45) is 2.30. The standard InChI is InChI=1S/C13H25N3O2.ClH/c1-10-7-16(8-11(2)18-10)13(17)9-15-5-3-12(14)4-6-15;/h10-12H,3-9,14H2,1-2H3;1H. The van der Waals surface area contributed by atoms with Crippen molar-refractivity contribution in [1.29, 1.82) is 0 Å². The van der Waals surface area contributed by atoms with Crippen LogP contribution in [0.3, 0.4) is 0 Å². The van der Waals surface area contributed by atoms with E-state index in [-0.39, 0.29) is 30.5 Å². The number of likely N-dealkylation sites (tertiary alicyclic amines) is 1. The van der Waals surface area contributed by atoms with E-state index in [9.17, 15) is 4.79 Å². The largest absolute Gasteiger partial charge is 0.372 e. The van der Waals surface area contributed by atoms with E-state index < -0.39 is 0 Å². The van der Waals surface area contributed by atoms with Crippen LogP contribution in [-0.4, -0.2) is 66.7 Å². The average Bonchev–Trinajstić information content (AvgIpc) is 2.31. The van der Waals surface area contributed by atoms with Gasteiger partial charge in [-0.1, -0.05) is 0 Å². The number of nitrogens with zero attached hydrogens (tertiary/aromatic N) is 2. The summed E-state index contributed by atoms with van der Waals surface area (Å²) in [5.74, 6) is 0.229. The lowest BCUT2D eigenvalue weighted by Crippen LogP contribution is -2.52. The molecule has 0 saturated carbocycles. The first kappa shape index (κ1) is 16.7. The van der Waals surface area contributed by atoms with E-state index in [2.05, 4.69) is 4.90 Å². The Morgan fingerprint density at radius 3 is 2.26 bits per heavy atom. The van der Waals surface area contributed by atoms with Crippen molar-refractivity contribution in [2.24, 2.45) is 5.73 Å². The fraction of sp³-hybridized carbons (Fsp3) is 0.923. The van der Waals surface area contributed by atoms with Gasteiger partial charge >= 0.3 is 0 Å². The van der Waals surface area contributed by atoms with Crippen LogP contribution in [0, 0.1) is 0 Å². The van der Waals surface area contributed by atoms with Crippen molar-refractivity contribution in [3.05, 3.63) is 0 Å². The molecule has 1 amide bonds. The molecular weight excluding hydrogens is 266 g/mol. The van der Waals surface area contributed by atoms with Gasteiger partial charge in [0.25, 0.3) is 0 Å². The van der Waals surface area contributed by atoms with Gasteiger partial charge in [-0.05, 0) is 26.7 Å². The van der Waals surface area contributed by atoms with E-state index in [1.165, 1.54) is 0 Å². The number of halogens is 1. The zero-order valence-corrected chi connectivity index (χ0v) is 12.7. The Hall–Kier alpha value is -0.360. The highest BCUT2D eigenvalue weighted by Gasteiger charge is 2.27. The summed E-state index contributed by atoms with van der Waals surface area (Å²) in [4.78, 5) is 16.4. The lowest BCUT2D eigenvalue weighted by Gasteiger charge is -2.37. The zero-order chi connectivity index (χ0) is 13.1. The van der Waals surface area contributed by atoms with Gasteiger partial charge < -0.3 is 15.4 Å². The van der Waals surface area contributed by atoms with E-state index in [4.69, 9.17) is 10.5 Å². The van der Waals surface area contributed by atoms with Crippen molar-refractivity contribution >= 4 is 18.3 Å². The minimum Gasteiger partial charge on any atom is -0.372 e. The van der Waals surface area contributed by atoms with Crippen LogP contribution >= 0.6 is 12.4 Å². The topological polar surface area (TPSA) is 58.8 Å². The number of nitrogens with two attached hydrogens (primary N) is 1. The van der Waals surface area contributed by atoms with Crippen LogP contribution < -0.4 is 5.73 Å². The third-order valence-electron chi connectivity index (χ3n) is 3.76. The van der Waals surface area contributed by atoms with Gasteiger partial charge in [-0.3, -0.25) is 9.69 Å². The number of ether oxygens (including phenoxy) is 1. The van der Waals surface area contributed by atoms with Crippen molar-refractivity contribution in [2.75, 3.05) is 32.7 Å². The highest BCUT2D eigenvalue weighted by molar-refractivity contribution is 5.85. The Morgan fingerprint density at radius 1 is 1.21 bits per heavy atom. The van der Waals surface area contributed by atoms with Gasteiger partial charge in [0.15, 0.2) is 0 Å². The van der Waals surface area contributed by atoms with Gasteiger partial charge in [-0.25, -0.2) is 0 Å². The molecule has 2 heterocycles. The highest BCUT2D eigenvalue weighted by atomic mass is 35.5. The molecule has 6 heteroatoms. The summed E-state index contributed by atoms with van der Waals surface area (Å²) in [6.45, 7) is 7.91. The van der Waals surface area contributed by atoms with Gasteiger partial charge in [0.2, 0.25) is 5.91 Å². The first-order chi connectivity index (χ1) is 8.54. The Morgan fingerprint density at radius 2 is 1.74 bits per heavy atom. The summed E-state index contributed by atoms with van der Waals surface area (Å²) in [5, 5.41) is 0. The molecule has 2 saturated heterocycles. The van der Waals surface area contributed by atoms with Crippen LogP contribution in [0.15, 0.2) is 0 Å². The third kappa shape index (κ3) is 4.91. The molecule has 0 bridgehead atoms. The van der Waals surface area contributed by atoms with E-state index in [1.807, 2.05) is 18.7 Å². The molecule has 2 atom stereocenters. The molecule has 2 fully saturated rings. The van der Waals surface area contributed by atoms with Gasteiger partial charge in [0.05, 0.1) is 18.8 Å². The van der Waals surface area contributed by atoms with Gasteiger partial charge in [0, 0.05) is 32.2 Å². The highest BCUT2D eigenvalue weighted by Crippen LogP contribution is 2.13. The van der Waals surface area contributed by atoms with E-state index >= 15 is 0 Å². The maximum absolute atomic E-state index is 12.2. The Kier molecular flexibility index (Phi) is 6.53. The lowest BCUT2D eigenvalue weighted by molar-refractivity contribution is -0.144. The summed E-state index contributed by atoms with van der Waals surface area (Å²) < 4.78 is 5.65.